The Morgan fingerprint density at radius 3 is 2.79 bits per heavy atom. The Morgan fingerprint density at radius 2 is 1.89 bits per heavy atom. The highest BCUT2D eigenvalue weighted by molar-refractivity contribution is 7.99. The Hall–Kier alpha value is -0.470. The van der Waals surface area contributed by atoms with Crippen LogP contribution in [0.5, 0.6) is 0 Å². The first kappa shape index (κ1) is 13.5. The second-order valence-electron chi connectivity index (χ2n) is 6.00. The van der Waals surface area contributed by atoms with Gasteiger partial charge >= 0.3 is 0 Å². The van der Waals surface area contributed by atoms with E-state index in [0.717, 1.165) is 11.8 Å². The first-order valence-corrected chi connectivity index (χ1v) is 8.95. The van der Waals surface area contributed by atoms with Crippen LogP contribution >= 0.6 is 11.8 Å². The van der Waals surface area contributed by atoms with Gasteiger partial charge in [-0.15, -0.1) is 0 Å². The van der Waals surface area contributed by atoms with Gasteiger partial charge in [-0.05, 0) is 73.1 Å². The van der Waals surface area contributed by atoms with Crippen molar-refractivity contribution < 1.29 is 0 Å². The molecule has 2 aliphatic rings. The third kappa shape index (κ3) is 3.55. The van der Waals surface area contributed by atoms with E-state index < -0.39 is 0 Å². The predicted molar refractivity (Wildman–Crippen MR) is 85.0 cm³/mol. The highest BCUT2D eigenvalue weighted by Gasteiger charge is 2.20. The van der Waals surface area contributed by atoms with Crippen molar-refractivity contribution in [2.24, 2.45) is 5.92 Å². The molecule has 104 valence electrons. The summed E-state index contributed by atoms with van der Waals surface area (Å²) in [6.45, 7) is 2.42. The summed E-state index contributed by atoms with van der Waals surface area (Å²) in [4.78, 5) is 0. The van der Waals surface area contributed by atoms with Gasteiger partial charge in [0.05, 0.1) is 0 Å². The highest BCUT2D eigenvalue weighted by atomic mass is 32.2. The van der Waals surface area contributed by atoms with Crippen LogP contribution in [0, 0.1) is 5.92 Å². The Morgan fingerprint density at radius 1 is 1.05 bits per heavy atom. The van der Waals surface area contributed by atoms with Crippen LogP contribution in [0.4, 0.5) is 0 Å². The van der Waals surface area contributed by atoms with E-state index in [1.54, 1.807) is 11.1 Å². The van der Waals surface area contributed by atoms with Crippen molar-refractivity contribution >= 4 is 11.8 Å². The molecule has 1 aliphatic heterocycles. The van der Waals surface area contributed by atoms with Crippen molar-refractivity contribution in [1.82, 2.24) is 5.32 Å². The molecule has 1 saturated heterocycles. The number of fused-ring (bicyclic) bond motifs is 1. The Labute approximate surface area is 121 Å². The van der Waals surface area contributed by atoms with E-state index >= 15 is 0 Å². The molecule has 0 bridgehead atoms. The quantitative estimate of drug-likeness (QED) is 0.896. The lowest BCUT2D eigenvalue weighted by Gasteiger charge is -2.27. The lowest BCUT2D eigenvalue weighted by Crippen LogP contribution is -2.30. The average Bonchev–Trinajstić information content (AvgIpc) is 2.49. The molecular weight excluding hydrogens is 250 g/mol. The monoisotopic (exact) mass is 275 g/mol. The standard InChI is InChI=1S/C17H25NS/c1-2-7-17-15(4-1)5-3-6-16(17)13-18-12-14-8-10-19-11-9-14/h1-2,4,7,14,16,18H,3,5-6,8-13H2. The number of hydrogen-bond donors (Lipinski definition) is 1. The van der Waals surface area contributed by atoms with Crippen molar-refractivity contribution in [2.75, 3.05) is 24.6 Å². The van der Waals surface area contributed by atoms with Crippen LogP contribution in [-0.2, 0) is 6.42 Å². The van der Waals surface area contributed by atoms with Crippen molar-refractivity contribution in [3.05, 3.63) is 35.4 Å². The zero-order valence-electron chi connectivity index (χ0n) is 11.7. The van der Waals surface area contributed by atoms with Crippen LogP contribution in [0.3, 0.4) is 0 Å². The molecule has 0 spiro atoms. The van der Waals surface area contributed by atoms with E-state index in [4.69, 9.17) is 0 Å². The molecule has 1 unspecified atom stereocenters. The van der Waals surface area contributed by atoms with E-state index in [0.29, 0.717) is 0 Å². The molecule has 0 saturated carbocycles. The molecule has 19 heavy (non-hydrogen) atoms. The number of nitrogens with one attached hydrogen (secondary N) is 1. The van der Waals surface area contributed by atoms with E-state index in [2.05, 4.69) is 41.3 Å². The fourth-order valence-electron chi connectivity index (χ4n) is 3.48. The number of hydrogen-bond acceptors (Lipinski definition) is 2. The first-order chi connectivity index (χ1) is 9.43. The van der Waals surface area contributed by atoms with Gasteiger partial charge in [-0.1, -0.05) is 24.3 Å². The normalized spacial score (nSPS) is 24.1. The van der Waals surface area contributed by atoms with Crippen molar-refractivity contribution in [2.45, 2.75) is 38.0 Å². The Kier molecular flexibility index (Phi) is 4.84. The van der Waals surface area contributed by atoms with E-state index in [1.807, 2.05) is 0 Å². The van der Waals surface area contributed by atoms with Crippen LogP contribution in [0.25, 0.3) is 0 Å². The minimum atomic E-state index is 0.753. The topological polar surface area (TPSA) is 12.0 Å². The number of aryl methyl sites for hydroxylation is 1. The molecule has 1 aromatic carbocycles. The lowest BCUT2D eigenvalue weighted by molar-refractivity contribution is 0.423. The van der Waals surface area contributed by atoms with E-state index in [9.17, 15) is 0 Å². The summed E-state index contributed by atoms with van der Waals surface area (Å²) in [5, 5.41) is 3.76. The molecule has 1 aromatic rings. The Balaban J connectivity index is 1.50. The molecule has 3 rings (SSSR count). The van der Waals surface area contributed by atoms with Crippen molar-refractivity contribution in [1.29, 1.82) is 0 Å². The summed E-state index contributed by atoms with van der Waals surface area (Å²) in [6, 6.07) is 9.06. The third-order valence-corrected chi connectivity index (χ3v) is 5.71. The maximum absolute atomic E-state index is 3.76. The summed E-state index contributed by atoms with van der Waals surface area (Å²) in [6.07, 6.45) is 6.85. The summed E-state index contributed by atoms with van der Waals surface area (Å²) in [5.41, 5.74) is 3.20. The maximum Gasteiger partial charge on any atom is 0.00203 e. The van der Waals surface area contributed by atoms with Gasteiger partial charge in [-0.25, -0.2) is 0 Å². The summed E-state index contributed by atoms with van der Waals surface area (Å²) in [7, 11) is 0. The lowest BCUT2D eigenvalue weighted by atomic mass is 9.83. The smallest absolute Gasteiger partial charge is 0.00203 e. The largest absolute Gasteiger partial charge is 0.316 e. The van der Waals surface area contributed by atoms with E-state index in [1.165, 1.54) is 56.7 Å². The first-order valence-electron chi connectivity index (χ1n) is 7.80. The number of benzene rings is 1. The fourth-order valence-corrected chi connectivity index (χ4v) is 4.68. The molecule has 1 heterocycles. The molecule has 2 heteroatoms. The molecule has 1 aliphatic carbocycles. The number of thioether (sulfide) groups is 1. The van der Waals surface area contributed by atoms with Crippen LogP contribution in [-0.4, -0.2) is 24.6 Å². The minimum Gasteiger partial charge on any atom is -0.316 e. The van der Waals surface area contributed by atoms with E-state index in [-0.39, 0.29) is 0 Å². The molecular formula is C17H25NS. The van der Waals surface area contributed by atoms with Crippen molar-refractivity contribution in [3.63, 3.8) is 0 Å². The molecule has 0 aromatic heterocycles. The second-order valence-corrected chi connectivity index (χ2v) is 7.23. The van der Waals surface area contributed by atoms with Crippen LogP contribution in [0.15, 0.2) is 24.3 Å². The molecule has 0 amide bonds. The van der Waals surface area contributed by atoms with Crippen LogP contribution < -0.4 is 5.32 Å². The summed E-state index contributed by atoms with van der Waals surface area (Å²) >= 11 is 2.12. The van der Waals surface area contributed by atoms with Gasteiger partial charge in [0, 0.05) is 6.54 Å². The van der Waals surface area contributed by atoms with Gasteiger partial charge in [-0.2, -0.15) is 11.8 Å². The van der Waals surface area contributed by atoms with Crippen LogP contribution in [0.2, 0.25) is 0 Å². The highest BCUT2D eigenvalue weighted by Crippen LogP contribution is 2.31. The molecule has 1 N–H and O–H groups in total. The zero-order chi connectivity index (χ0) is 12.9. The molecule has 0 radical (unpaired) electrons. The van der Waals surface area contributed by atoms with Gasteiger partial charge in [0.1, 0.15) is 0 Å². The fraction of sp³-hybridized carbons (Fsp3) is 0.647. The second kappa shape index (κ2) is 6.81. The van der Waals surface area contributed by atoms with Gasteiger partial charge in [0.25, 0.3) is 0 Å². The minimum absolute atomic E-state index is 0.753. The number of rotatable bonds is 4. The zero-order valence-corrected chi connectivity index (χ0v) is 12.6. The molecule has 1 nitrogen and oxygen atoms in total. The SMILES string of the molecule is c1ccc2c(c1)CCCC2CNCC1CCSCC1. The Bertz CT molecular complexity index is 398. The summed E-state index contributed by atoms with van der Waals surface area (Å²) < 4.78 is 0. The van der Waals surface area contributed by atoms with Gasteiger partial charge < -0.3 is 5.32 Å². The maximum atomic E-state index is 3.76. The third-order valence-electron chi connectivity index (χ3n) is 4.66. The summed E-state index contributed by atoms with van der Waals surface area (Å²) in [5.74, 6) is 4.43. The molecule has 1 atom stereocenters. The molecule has 1 fully saturated rings. The predicted octanol–water partition coefficient (Wildman–Crippen LogP) is 3.84. The van der Waals surface area contributed by atoms with Crippen LogP contribution in [0.1, 0.15) is 42.7 Å². The van der Waals surface area contributed by atoms with Gasteiger partial charge in [-0.3, -0.25) is 0 Å². The van der Waals surface area contributed by atoms with Crippen molar-refractivity contribution in [3.8, 4) is 0 Å². The van der Waals surface area contributed by atoms with Gasteiger partial charge in [0.15, 0.2) is 0 Å². The van der Waals surface area contributed by atoms with Gasteiger partial charge in [0.2, 0.25) is 0 Å². The average molecular weight is 275 g/mol.